The lowest BCUT2D eigenvalue weighted by Crippen LogP contribution is -2.41. The van der Waals surface area contributed by atoms with Gasteiger partial charge in [-0.05, 0) is 11.6 Å². The van der Waals surface area contributed by atoms with Crippen LogP contribution in [0.25, 0.3) is 0 Å². The fourth-order valence-corrected chi connectivity index (χ4v) is 2.22. The first-order valence-electron chi connectivity index (χ1n) is 5.04. The summed E-state index contributed by atoms with van der Waals surface area (Å²) in [5.41, 5.74) is 0.881. The van der Waals surface area contributed by atoms with Gasteiger partial charge in [0.2, 0.25) is 0 Å². The maximum Gasteiger partial charge on any atom is 0.107 e. The van der Waals surface area contributed by atoms with Crippen molar-refractivity contribution in [1.29, 1.82) is 0 Å². The molecule has 1 saturated heterocycles. The van der Waals surface area contributed by atoms with E-state index in [9.17, 15) is 5.11 Å². The summed E-state index contributed by atoms with van der Waals surface area (Å²) in [7, 11) is 0. The van der Waals surface area contributed by atoms with E-state index in [2.05, 4.69) is 21.2 Å². The van der Waals surface area contributed by atoms with Gasteiger partial charge in [0, 0.05) is 17.6 Å². The molecule has 1 aromatic rings. The zero-order valence-corrected chi connectivity index (χ0v) is 9.90. The van der Waals surface area contributed by atoms with Crippen LogP contribution >= 0.6 is 15.9 Å². The van der Waals surface area contributed by atoms with Crippen molar-refractivity contribution < 1.29 is 9.84 Å². The van der Waals surface area contributed by atoms with Gasteiger partial charge >= 0.3 is 0 Å². The minimum Gasteiger partial charge on any atom is -0.386 e. The zero-order chi connectivity index (χ0) is 10.7. The number of benzene rings is 1. The van der Waals surface area contributed by atoms with Crippen molar-refractivity contribution in [2.24, 2.45) is 0 Å². The normalized spacial score (nSPS) is 23.7. The molecule has 0 aliphatic carbocycles. The van der Waals surface area contributed by atoms with E-state index < -0.39 is 6.10 Å². The number of hydrogen-bond donors (Lipinski definition) is 2. The maximum absolute atomic E-state index is 10.1. The summed E-state index contributed by atoms with van der Waals surface area (Å²) < 4.78 is 6.44. The van der Waals surface area contributed by atoms with E-state index in [0.717, 1.165) is 16.6 Å². The van der Waals surface area contributed by atoms with Gasteiger partial charge in [-0.15, -0.1) is 0 Å². The van der Waals surface area contributed by atoms with Gasteiger partial charge < -0.3 is 15.2 Å². The van der Waals surface area contributed by atoms with E-state index >= 15 is 0 Å². The average molecular weight is 272 g/mol. The molecule has 2 N–H and O–H groups in total. The van der Waals surface area contributed by atoms with Crippen molar-refractivity contribution in [2.75, 3.05) is 19.7 Å². The largest absolute Gasteiger partial charge is 0.386 e. The highest BCUT2D eigenvalue weighted by molar-refractivity contribution is 9.10. The van der Waals surface area contributed by atoms with Gasteiger partial charge in [0.25, 0.3) is 0 Å². The van der Waals surface area contributed by atoms with Gasteiger partial charge in [0.1, 0.15) is 12.2 Å². The molecule has 1 aliphatic heterocycles. The number of hydrogen-bond acceptors (Lipinski definition) is 3. The Bertz CT molecular complexity index is 326. The minimum atomic E-state index is -0.576. The highest BCUT2D eigenvalue weighted by Crippen LogP contribution is 2.26. The second kappa shape index (κ2) is 5.07. The number of nitrogens with one attached hydrogen (secondary N) is 1. The minimum absolute atomic E-state index is 0.155. The first-order chi connectivity index (χ1) is 7.29. The van der Waals surface area contributed by atoms with Gasteiger partial charge in [-0.3, -0.25) is 0 Å². The molecule has 2 unspecified atom stereocenters. The van der Waals surface area contributed by atoms with Crippen LogP contribution in [0.5, 0.6) is 0 Å². The first-order valence-corrected chi connectivity index (χ1v) is 5.83. The molecule has 15 heavy (non-hydrogen) atoms. The molecule has 0 bridgehead atoms. The summed E-state index contributed by atoms with van der Waals surface area (Å²) in [6, 6.07) is 7.68. The summed E-state index contributed by atoms with van der Waals surface area (Å²) in [5.74, 6) is 0. The van der Waals surface area contributed by atoms with Crippen LogP contribution in [0.4, 0.5) is 0 Å². The van der Waals surface area contributed by atoms with Crippen LogP contribution in [0.1, 0.15) is 11.7 Å². The van der Waals surface area contributed by atoms with E-state index in [1.165, 1.54) is 0 Å². The van der Waals surface area contributed by atoms with Gasteiger partial charge in [-0.25, -0.2) is 0 Å². The molecule has 1 aromatic carbocycles. The van der Waals surface area contributed by atoms with Crippen LogP contribution in [-0.4, -0.2) is 30.9 Å². The van der Waals surface area contributed by atoms with Gasteiger partial charge in [-0.1, -0.05) is 34.1 Å². The van der Waals surface area contributed by atoms with Crippen molar-refractivity contribution in [1.82, 2.24) is 5.32 Å². The number of halogens is 1. The molecular weight excluding hydrogens is 258 g/mol. The molecule has 0 radical (unpaired) electrons. The predicted molar refractivity (Wildman–Crippen MR) is 61.7 cm³/mol. The molecule has 0 amide bonds. The second-order valence-electron chi connectivity index (χ2n) is 3.58. The highest BCUT2D eigenvalue weighted by atomic mass is 79.9. The lowest BCUT2D eigenvalue weighted by Gasteiger charge is -2.28. The third-order valence-corrected chi connectivity index (χ3v) is 3.25. The highest BCUT2D eigenvalue weighted by Gasteiger charge is 2.24. The van der Waals surface area contributed by atoms with Crippen LogP contribution in [-0.2, 0) is 4.74 Å². The van der Waals surface area contributed by atoms with E-state index in [1.54, 1.807) is 0 Å². The van der Waals surface area contributed by atoms with Crippen LogP contribution in [0.15, 0.2) is 28.7 Å². The predicted octanol–water partition coefficient (Wildman–Crippen LogP) is 1.47. The Morgan fingerprint density at radius 3 is 2.93 bits per heavy atom. The van der Waals surface area contributed by atoms with Crippen molar-refractivity contribution in [3.05, 3.63) is 34.3 Å². The Morgan fingerprint density at radius 1 is 1.47 bits per heavy atom. The lowest BCUT2D eigenvalue weighted by atomic mass is 10.0. The van der Waals surface area contributed by atoms with Crippen molar-refractivity contribution >= 4 is 15.9 Å². The maximum atomic E-state index is 10.1. The molecule has 2 rings (SSSR count). The van der Waals surface area contributed by atoms with Crippen molar-refractivity contribution in [2.45, 2.75) is 12.2 Å². The van der Waals surface area contributed by atoms with Crippen molar-refractivity contribution in [3.63, 3.8) is 0 Å². The van der Waals surface area contributed by atoms with Gasteiger partial charge in [0.15, 0.2) is 0 Å². The molecule has 0 spiro atoms. The molecular formula is C11H14BrNO2. The Morgan fingerprint density at radius 2 is 2.27 bits per heavy atom. The third-order valence-electron chi connectivity index (χ3n) is 2.53. The second-order valence-corrected chi connectivity index (χ2v) is 4.43. The molecule has 3 nitrogen and oxygen atoms in total. The van der Waals surface area contributed by atoms with E-state index in [1.807, 2.05) is 24.3 Å². The molecule has 1 fully saturated rings. The fraction of sp³-hybridized carbons (Fsp3) is 0.455. The molecule has 2 atom stereocenters. The van der Waals surface area contributed by atoms with Crippen LogP contribution < -0.4 is 5.32 Å². The number of aliphatic hydroxyl groups excluding tert-OH is 1. The first kappa shape index (κ1) is 11.1. The smallest absolute Gasteiger partial charge is 0.107 e. The van der Waals surface area contributed by atoms with Gasteiger partial charge in [0.05, 0.1) is 6.61 Å². The summed E-state index contributed by atoms with van der Waals surface area (Å²) >= 11 is 3.43. The SMILES string of the molecule is OC(c1ccccc1Br)C1CNCCO1. The van der Waals surface area contributed by atoms with E-state index in [0.29, 0.717) is 13.2 Å². The number of rotatable bonds is 2. The summed E-state index contributed by atoms with van der Waals surface area (Å²) in [6.07, 6.45) is -0.731. The third kappa shape index (κ3) is 2.58. The van der Waals surface area contributed by atoms with E-state index in [-0.39, 0.29) is 6.10 Å². The van der Waals surface area contributed by atoms with E-state index in [4.69, 9.17) is 4.74 Å². The number of morpholine rings is 1. The van der Waals surface area contributed by atoms with Crippen LogP contribution in [0, 0.1) is 0 Å². The summed E-state index contributed by atoms with van der Waals surface area (Å²) in [4.78, 5) is 0. The lowest BCUT2D eigenvalue weighted by molar-refractivity contribution is -0.0538. The number of ether oxygens (including phenoxy) is 1. The molecule has 0 aromatic heterocycles. The Labute approximate surface area is 97.6 Å². The Hall–Kier alpha value is -0.420. The Balaban J connectivity index is 2.12. The summed E-state index contributed by atoms with van der Waals surface area (Å²) in [6.45, 7) is 2.22. The van der Waals surface area contributed by atoms with Crippen molar-refractivity contribution in [3.8, 4) is 0 Å². The monoisotopic (exact) mass is 271 g/mol. The topological polar surface area (TPSA) is 41.5 Å². The fourth-order valence-electron chi connectivity index (χ4n) is 1.70. The molecule has 82 valence electrons. The van der Waals surface area contributed by atoms with Crippen LogP contribution in [0.3, 0.4) is 0 Å². The van der Waals surface area contributed by atoms with Crippen LogP contribution in [0.2, 0.25) is 0 Å². The molecule has 4 heteroatoms. The number of aliphatic hydroxyl groups is 1. The average Bonchev–Trinajstić information content (AvgIpc) is 2.30. The molecule has 0 saturated carbocycles. The standard InChI is InChI=1S/C11H14BrNO2/c12-9-4-2-1-3-8(9)11(14)10-7-13-5-6-15-10/h1-4,10-11,13-14H,5-7H2. The zero-order valence-electron chi connectivity index (χ0n) is 8.32. The van der Waals surface area contributed by atoms with Gasteiger partial charge in [-0.2, -0.15) is 0 Å². The quantitative estimate of drug-likeness (QED) is 0.856. The molecule has 1 aliphatic rings. The summed E-state index contributed by atoms with van der Waals surface area (Å²) in [5, 5.41) is 13.3. The Kier molecular flexibility index (Phi) is 3.75. The molecule has 1 heterocycles.